The Balaban J connectivity index is 1.33. The van der Waals surface area contributed by atoms with Crippen molar-refractivity contribution in [2.45, 2.75) is 69.4 Å². The molecule has 4 heterocycles. The molecule has 39 heavy (non-hydrogen) atoms. The van der Waals surface area contributed by atoms with Crippen LogP contribution in [0.25, 0.3) is 27.5 Å². The number of carbonyl (C=O) groups excluding carboxylic acids is 1. The van der Waals surface area contributed by atoms with Crippen LogP contribution in [0.5, 0.6) is 0 Å². The van der Waals surface area contributed by atoms with E-state index in [1.54, 1.807) is 42.0 Å². The fourth-order valence-electron chi connectivity index (χ4n) is 6.02. The monoisotopic (exact) mass is 537 g/mol. The van der Waals surface area contributed by atoms with Gasteiger partial charge in [0, 0.05) is 29.8 Å². The Labute approximate surface area is 229 Å². The van der Waals surface area contributed by atoms with E-state index < -0.39 is 6.04 Å². The molecule has 10 nitrogen and oxygen atoms in total. The third-order valence-corrected chi connectivity index (χ3v) is 9.36. The van der Waals surface area contributed by atoms with Crippen molar-refractivity contribution in [2.75, 3.05) is 5.32 Å². The maximum absolute atomic E-state index is 11.7. The zero-order valence-electron chi connectivity index (χ0n) is 21.7. The average Bonchev–Trinajstić information content (AvgIpc) is 3.61. The summed E-state index contributed by atoms with van der Waals surface area (Å²) in [4.78, 5) is 16.5. The van der Waals surface area contributed by atoms with Crippen molar-refractivity contribution in [2.24, 2.45) is 0 Å². The molecule has 11 heteroatoms. The highest BCUT2D eigenvalue weighted by Gasteiger charge is 2.51. The number of hydrogen-bond donors (Lipinski definition) is 2. The minimum absolute atomic E-state index is 0.00413. The molecule has 3 fully saturated rings. The predicted octanol–water partition coefficient (Wildman–Crippen LogP) is 4.59. The number of fused-ring (bicyclic) bond motifs is 4. The van der Waals surface area contributed by atoms with E-state index in [2.05, 4.69) is 38.1 Å². The second kappa shape index (κ2) is 9.44. The van der Waals surface area contributed by atoms with Crippen molar-refractivity contribution in [1.82, 2.24) is 30.1 Å². The van der Waals surface area contributed by atoms with E-state index in [0.29, 0.717) is 11.3 Å². The van der Waals surface area contributed by atoms with Gasteiger partial charge in [-0.25, -0.2) is 4.52 Å². The minimum atomic E-state index is -0.427. The smallest absolute Gasteiger partial charge is 0.217 e. The number of hydrogen-bond acceptors (Lipinski definition) is 9. The van der Waals surface area contributed by atoms with Crippen molar-refractivity contribution in [3.63, 3.8) is 0 Å². The lowest BCUT2D eigenvalue weighted by molar-refractivity contribution is -0.122. The molecule has 0 radical (unpaired) electrons. The van der Waals surface area contributed by atoms with Gasteiger partial charge in [0.1, 0.15) is 17.1 Å². The Hall–Kier alpha value is -4.35. The van der Waals surface area contributed by atoms with Crippen molar-refractivity contribution < 1.29 is 4.79 Å². The number of nitrogens with one attached hydrogen (secondary N) is 2. The molecule has 2 bridgehead atoms. The lowest BCUT2D eigenvalue weighted by Gasteiger charge is -2.52. The Bertz CT molecular complexity index is 1650. The first-order valence-corrected chi connectivity index (χ1v) is 13.8. The molecule has 1 atom stereocenters. The van der Waals surface area contributed by atoms with Gasteiger partial charge in [0.05, 0.1) is 40.3 Å². The SMILES string of the molecule is CC(=O)NC12CCC(c3nnc(-c4cnc(-c5ccc6cc(C#N)cnn56)cc4NC(C)C#N)s3)(CC1)CC2. The summed E-state index contributed by atoms with van der Waals surface area (Å²) in [5.41, 5.74) is 4.21. The highest BCUT2D eigenvalue weighted by atomic mass is 32.1. The van der Waals surface area contributed by atoms with Gasteiger partial charge in [-0.1, -0.05) is 11.3 Å². The zero-order chi connectivity index (χ0) is 27.2. The van der Waals surface area contributed by atoms with Crippen LogP contribution in [0, 0.1) is 22.7 Å². The van der Waals surface area contributed by atoms with Gasteiger partial charge in [-0.2, -0.15) is 15.6 Å². The highest BCUT2D eigenvalue weighted by molar-refractivity contribution is 7.14. The summed E-state index contributed by atoms with van der Waals surface area (Å²) in [7, 11) is 0. The van der Waals surface area contributed by atoms with Gasteiger partial charge in [-0.3, -0.25) is 9.78 Å². The number of aromatic nitrogens is 5. The molecular weight excluding hydrogens is 510 g/mol. The molecule has 0 aromatic carbocycles. The zero-order valence-corrected chi connectivity index (χ0v) is 22.5. The Morgan fingerprint density at radius 1 is 1.10 bits per heavy atom. The summed E-state index contributed by atoms with van der Waals surface area (Å²) < 4.78 is 1.75. The van der Waals surface area contributed by atoms with Crippen molar-refractivity contribution in [1.29, 1.82) is 10.5 Å². The van der Waals surface area contributed by atoms with Gasteiger partial charge in [0.2, 0.25) is 5.91 Å². The first-order valence-electron chi connectivity index (χ1n) is 13.0. The number of nitriles is 2. The summed E-state index contributed by atoms with van der Waals surface area (Å²) in [5.74, 6) is 0.0426. The maximum Gasteiger partial charge on any atom is 0.217 e. The van der Waals surface area contributed by atoms with Crippen LogP contribution in [-0.2, 0) is 10.2 Å². The molecule has 1 unspecified atom stereocenters. The first-order chi connectivity index (χ1) is 18.8. The third kappa shape index (κ3) is 4.39. The van der Waals surface area contributed by atoms with E-state index in [1.165, 1.54) is 6.20 Å². The molecule has 7 rings (SSSR count). The van der Waals surface area contributed by atoms with Crippen LogP contribution in [0.4, 0.5) is 5.69 Å². The largest absolute Gasteiger partial charge is 0.369 e. The molecule has 3 saturated carbocycles. The topological polar surface area (TPSA) is 145 Å². The molecule has 0 saturated heterocycles. The Kier molecular flexibility index (Phi) is 6.04. The van der Waals surface area contributed by atoms with E-state index >= 15 is 0 Å². The van der Waals surface area contributed by atoms with Crippen LogP contribution in [0.15, 0.2) is 36.7 Å². The summed E-state index contributed by atoms with van der Waals surface area (Å²) in [6.45, 7) is 3.40. The van der Waals surface area contributed by atoms with E-state index in [4.69, 9.17) is 4.98 Å². The fourth-order valence-corrected chi connectivity index (χ4v) is 7.16. The van der Waals surface area contributed by atoms with Gasteiger partial charge < -0.3 is 10.6 Å². The highest BCUT2D eigenvalue weighted by Crippen LogP contribution is 2.54. The molecule has 3 aliphatic rings. The van der Waals surface area contributed by atoms with Crippen LogP contribution < -0.4 is 10.6 Å². The van der Waals surface area contributed by atoms with E-state index in [1.807, 2.05) is 18.2 Å². The Morgan fingerprint density at radius 3 is 2.56 bits per heavy atom. The molecule has 196 valence electrons. The number of carbonyl (C=O) groups is 1. The maximum atomic E-state index is 11.7. The average molecular weight is 538 g/mol. The minimum Gasteiger partial charge on any atom is -0.369 e. The quantitative estimate of drug-likeness (QED) is 0.363. The molecule has 2 N–H and O–H groups in total. The first kappa shape index (κ1) is 25.0. The normalized spacial score (nSPS) is 22.7. The number of pyridine rings is 1. The third-order valence-electron chi connectivity index (χ3n) is 8.16. The molecule has 4 aromatic rings. The van der Waals surface area contributed by atoms with Gasteiger partial charge in [0.15, 0.2) is 5.01 Å². The summed E-state index contributed by atoms with van der Waals surface area (Å²) in [5, 5.41) is 40.6. The lowest BCUT2D eigenvalue weighted by Crippen LogP contribution is -2.57. The Morgan fingerprint density at radius 2 is 1.87 bits per heavy atom. The van der Waals surface area contributed by atoms with E-state index in [9.17, 15) is 15.3 Å². The molecule has 0 spiro atoms. The predicted molar refractivity (Wildman–Crippen MR) is 147 cm³/mol. The second-order valence-electron chi connectivity index (χ2n) is 10.7. The number of rotatable bonds is 6. The van der Waals surface area contributed by atoms with Crippen LogP contribution in [0.3, 0.4) is 0 Å². The van der Waals surface area contributed by atoms with Crippen LogP contribution in [0.2, 0.25) is 0 Å². The van der Waals surface area contributed by atoms with E-state index in [-0.39, 0.29) is 16.9 Å². The molecule has 4 aromatic heterocycles. The number of nitrogens with zero attached hydrogens (tertiary/aromatic N) is 7. The van der Waals surface area contributed by atoms with Crippen molar-refractivity contribution >= 4 is 28.4 Å². The second-order valence-corrected chi connectivity index (χ2v) is 11.7. The van der Waals surface area contributed by atoms with Gasteiger partial charge in [0.25, 0.3) is 0 Å². The van der Waals surface area contributed by atoms with Crippen molar-refractivity contribution in [3.05, 3.63) is 47.2 Å². The molecule has 0 aliphatic heterocycles. The molecular formula is C28H27N9OS. The number of anilines is 1. The van der Waals surface area contributed by atoms with Crippen LogP contribution >= 0.6 is 11.3 Å². The van der Waals surface area contributed by atoms with Gasteiger partial charge >= 0.3 is 0 Å². The van der Waals surface area contributed by atoms with Gasteiger partial charge in [-0.15, -0.1) is 10.2 Å². The molecule has 1 amide bonds. The summed E-state index contributed by atoms with van der Waals surface area (Å²) >= 11 is 1.59. The standard InChI is InChI=1S/C28H27N9OS/c1-17(13-29)33-22-12-23(24-4-3-20-11-19(14-30)15-32-37(20)24)31-16-21(22)25-35-36-26(39-25)27-5-8-28(9-6-27,10-7-27)34-18(2)38/h3-4,11-12,15-17H,5-10H2,1-2H3,(H,31,33)(H,34,38). The van der Waals surface area contributed by atoms with Crippen molar-refractivity contribution in [3.8, 4) is 34.1 Å². The van der Waals surface area contributed by atoms with Gasteiger partial charge in [-0.05, 0) is 69.7 Å². The molecule has 3 aliphatic carbocycles. The summed E-state index contributed by atoms with van der Waals surface area (Å²) in [6, 6.07) is 11.4. The summed E-state index contributed by atoms with van der Waals surface area (Å²) in [6.07, 6.45) is 9.13. The fraction of sp³-hybridized carbons (Fsp3) is 0.393. The number of amides is 1. The van der Waals surface area contributed by atoms with Crippen LogP contribution in [-0.4, -0.2) is 42.3 Å². The van der Waals surface area contributed by atoms with Crippen LogP contribution in [0.1, 0.15) is 62.9 Å². The van der Waals surface area contributed by atoms with E-state index in [0.717, 1.165) is 71.0 Å². The lowest BCUT2D eigenvalue weighted by atomic mass is 9.57.